The monoisotopic (exact) mass is 398 g/mol. The fourth-order valence-corrected chi connectivity index (χ4v) is 4.60. The maximum absolute atomic E-state index is 13.1. The highest BCUT2D eigenvalue weighted by Crippen LogP contribution is 2.34. The summed E-state index contributed by atoms with van der Waals surface area (Å²) in [6.07, 6.45) is 1.49. The highest BCUT2D eigenvalue weighted by Gasteiger charge is 2.41. The number of aromatic nitrogens is 1. The van der Waals surface area contributed by atoms with Crippen molar-refractivity contribution in [1.82, 2.24) is 9.88 Å². The van der Waals surface area contributed by atoms with Crippen LogP contribution in [0.5, 0.6) is 0 Å². The summed E-state index contributed by atoms with van der Waals surface area (Å²) in [6, 6.07) is 12.1. The van der Waals surface area contributed by atoms with Crippen molar-refractivity contribution >= 4 is 39.3 Å². The SMILES string of the molecule is C[C@@H](C(=O)N1CCC2(CC1)OCCO2)c1ccc2c(c1)[nH]c1ccc(Cl)cc12. The number of fused-ring (bicyclic) bond motifs is 3. The molecular weight excluding hydrogens is 376 g/mol. The smallest absolute Gasteiger partial charge is 0.229 e. The van der Waals surface area contributed by atoms with Crippen molar-refractivity contribution < 1.29 is 14.3 Å². The average Bonchev–Trinajstić information content (AvgIpc) is 3.31. The molecule has 1 N–H and O–H groups in total. The predicted molar refractivity (Wildman–Crippen MR) is 110 cm³/mol. The van der Waals surface area contributed by atoms with Crippen molar-refractivity contribution in [2.24, 2.45) is 0 Å². The molecular formula is C22H23ClN2O3. The topological polar surface area (TPSA) is 54.6 Å². The van der Waals surface area contributed by atoms with Gasteiger partial charge in [0.1, 0.15) is 0 Å². The largest absolute Gasteiger partial charge is 0.355 e. The third kappa shape index (κ3) is 2.98. The molecule has 2 saturated heterocycles. The van der Waals surface area contributed by atoms with Crippen molar-refractivity contribution in [1.29, 1.82) is 0 Å². The van der Waals surface area contributed by atoms with Crippen LogP contribution in [0.25, 0.3) is 21.8 Å². The first-order chi connectivity index (χ1) is 13.5. The molecule has 2 aromatic carbocycles. The summed E-state index contributed by atoms with van der Waals surface area (Å²) in [7, 11) is 0. The second-order valence-electron chi connectivity index (χ2n) is 7.77. The number of amides is 1. The number of hydrogen-bond donors (Lipinski definition) is 1. The molecule has 0 saturated carbocycles. The van der Waals surface area contributed by atoms with Crippen LogP contribution in [-0.4, -0.2) is 47.9 Å². The predicted octanol–water partition coefficient (Wildman–Crippen LogP) is 4.44. The highest BCUT2D eigenvalue weighted by atomic mass is 35.5. The van der Waals surface area contributed by atoms with Crippen LogP contribution in [0, 0.1) is 0 Å². The third-order valence-electron chi connectivity index (χ3n) is 6.11. The lowest BCUT2D eigenvalue weighted by Gasteiger charge is -2.38. The average molecular weight is 399 g/mol. The van der Waals surface area contributed by atoms with Crippen molar-refractivity contribution in [3.63, 3.8) is 0 Å². The van der Waals surface area contributed by atoms with E-state index in [-0.39, 0.29) is 11.8 Å². The number of benzene rings is 2. The Hall–Kier alpha value is -2.08. The molecule has 28 heavy (non-hydrogen) atoms. The zero-order chi connectivity index (χ0) is 19.3. The normalized spacial score (nSPS) is 20.3. The van der Waals surface area contributed by atoms with Crippen molar-refractivity contribution in [2.45, 2.75) is 31.5 Å². The number of halogens is 1. The molecule has 1 atom stereocenters. The Morgan fingerprint density at radius 2 is 1.82 bits per heavy atom. The van der Waals surface area contributed by atoms with Crippen molar-refractivity contribution in [2.75, 3.05) is 26.3 Å². The van der Waals surface area contributed by atoms with Gasteiger partial charge in [0.25, 0.3) is 0 Å². The molecule has 6 heteroatoms. The number of likely N-dealkylation sites (tertiary alicyclic amines) is 1. The van der Waals surface area contributed by atoms with Gasteiger partial charge in [0, 0.05) is 52.8 Å². The Morgan fingerprint density at radius 3 is 2.57 bits per heavy atom. The van der Waals surface area contributed by atoms with Gasteiger partial charge in [-0.3, -0.25) is 4.79 Å². The Morgan fingerprint density at radius 1 is 1.07 bits per heavy atom. The number of ether oxygens (including phenoxy) is 2. The lowest BCUT2D eigenvalue weighted by atomic mass is 9.96. The molecule has 5 rings (SSSR count). The summed E-state index contributed by atoms with van der Waals surface area (Å²) in [5.74, 6) is -0.491. The van der Waals surface area contributed by atoms with E-state index in [9.17, 15) is 4.79 Å². The lowest BCUT2D eigenvalue weighted by molar-refractivity contribution is -0.187. The van der Waals surface area contributed by atoms with Crippen LogP contribution in [0.15, 0.2) is 36.4 Å². The molecule has 1 aromatic heterocycles. The van der Waals surface area contributed by atoms with E-state index in [2.05, 4.69) is 17.1 Å². The fraction of sp³-hybridized carbons (Fsp3) is 0.409. The molecule has 146 valence electrons. The summed E-state index contributed by atoms with van der Waals surface area (Å²) in [4.78, 5) is 18.4. The summed E-state index contributed by atoms with van der Waals surface area (Å²) in [5.41, 5.74) is 3.09. The van der Waals surface area contributed by atoms with E-state index in [1.54, 1.807) is 0 Å². The second-order valence-corrected chi connectivity index (χ2v) is 8.21. The number of hydrogen-bond acceptors (Lipinski definition) is 3. The molecule has 0 bridgehead atoms. The quantitative estimate of drug-likeness (QED) is 0.694. The maximum atomic E-state index is 13.1. The molecule has 1 spiro atoms. The minimum Gasteiger partial charge on any atom is -0.355 e. The van der Waals surface area contributed by atoms with Gasteiger partial charge >= 0.3 is 0 Å². The number of aromatic amines is 1. The second kappa shape index (κ2) is 6.76. The van der Waals surface area contributed by atoms with Gasteiger partial charge in [-0.1, -0.05) is 23.7 Å². The van der Waals surface area contributed by atoms with Gasteiger partial charge in [-0.2, -0.15) is 0 Å². The molecule has 0 radical (unpaired) electrons. The van der Waals surface area contributed by atoms with E-state index in [1.165, 1.54) is 0 Å². The van der Waals surface area contributed by atoms with Crippen LogP contribution in [0.4, 0.5) is 0 Å². The standard InChI is InChI=1S/C22H23ClN2O3/c1-14(21(26)25-8-6-22(7-9-25)27-10-11-28-22)15-2-4-17-18-13-16(23)3-5-19(18)24-20(17)12-15/h2-5,12-14,24H,6-11H2,1H3/t14-/m1/s1. The Balaban J connectivity index is 1.37. The van der Waals surface area contributed by atoms with E-state index >= 15 is 0 Å². The van der Waals surface area contributed by atoms with Gasteiger partial charge in [-0.15, -0.1) is 0 Å². The summed E-state index contributed by atoms with van der Waals surface area (Å²) in [6.45, 7) is 4.64. The molecule has 2 aliphatic heterocycles. The van der Waals surface area contributed by atoms with Crippen LogP contribution in [0.3, 0.4) is 0 Å². The van der Waals surface area contributed by atoms with Crippen molar-refractivity contribution in [3.05, 3.63) is 47.0 Å². The van der Waals surface area contributed by atoms with E-state index in [0.29, 0.717) is 26.3 Å². The van der Waals surface area contributed by atoms with Crippen LogP contribution < -0.4 is 0 Å². The Bertz CT molecular complexity index is 1040. The van der Waals surface area contributed by atoms with Gasteiger partial charge in [0.2, 0.25) is 5.91 Å². The van der Waals surface area contributed by atoms with Crippen LogP contribution in [-0.2, 0) is 14.3 Å². The Kier molecular flexibility index (Phi) is 4.34. The third-order valence-corrected chi connectivity index (χ3v) is 6.34. The first-order valence-corrected chi connectivity index (χ1v) is 10.2. The van der Waals surface area contributed by atoms with Crippen LogP contribution in [0.1, 0.15) is 31.2 Å². The number of H-pyrrole nitrogens is 1. The molecule has 5 nitrogen and oxygen atoms in total. The molecule has 3 aromatic rings. The first-order valence-electron chi connectivity index (χ1n) is 9.82. The zero-order valence-corrected chi connectivity index (χ0v) is 16.6. The number of carbonyl (C=O) groups is 1. The van der Waals surface area contributed by atoms with E-state index in [4.69, 9.17) is 21.1 Å². The maximum Gasteiger partial charge on any atom is 0.229 e. The van der Waals surface area contributed by atoms with Gasteiger partial charge in [0.15, 0.2) is 5.79 Å². The minimum absolute atomic E-state index is 0.159. The summed E-state index contributed by atoms with van der Waals surface area (Å²) >= 11 is 6.15. The molecule has 0 aliphatic carbocycles. The highest BCUT2D eigenvalue weighted by molar-refractivity contribution is 6.31. The molecule has 2 aliphatic rings. The van der Waals surface area contributed by atoms with Gasteiger partial charge in [-0.05, 0) is 36.8 Å². The van der Waals surface area contributed by atoms with E-state index in [1.807, 2.05) is 36.1 Å². The molecule has 1 amide bonds. The van der Waals surface area contributed by atoms with E-state index in [0.717, 1.165) is 45.2 Å². The molecule has 3 heterocycles. The minimum atomic E-state index is -0.454. The fourth-order valence-electron chi connectivity index (χ4n) is 4.43. The van der Waals surface area contributed by atoms with Crippen LogP contribution in [0.2, 0.25) is 5.02 Å². The number of nitrogens with one attached hydrogen (secondary N) is 1. The van der Waals surface area contributed by atoms with Gasteiger partial charge in [0.05, 0.1) is 19.1 Å². The summed E-state index contributed by atoms with van der Waals surface area (Å²) < 4.78 is 11.5. The number of carbonyl (C=O) groups excluding carboxylic acids is 1. The van der Waals surface area contributed by atoms with Gasteiger partial charge in [-0.25, -0.2) is 0 Å². The van der Waals surface area contributed by atoms with Crippen molar-refractivity contribution in [3.8, 4) is 0 Å². The zero-order valence-electron chi connectivity index (χ0n) is 15.8. The number of rotatable bonds is 2. The molecule has 0 unspecified atom stereocenters. The Labute approximate surface area is 168 Å². The molecule has 2 fully saturated rings. The van der Waals surface area contributed by atoms with Gasteiger partial charge < -0.3 is 19.4 Å². The first kappa shape index (κ1) is 18.0. The number of piperidine rings is 1. The number of nitrogens with zero attached hydrogens (tertiary/aromatic N) is 1. The lowest BCUT2D eigenvalue weighted by Crippen LogP contribution is -2.48. The van der Waals surface area contributed by atoms with Crippen LogP contribution >= 0.6 is 11.6 Å². The summed E-state index contributed by atoms with van der Waals surface area (Å²) in [5, 5.41) is 2.95. The van der Waals surface area contributed by atoms with E-state index < -0.39 is 5.79 Å².